The smallest absolute Gasteiger partial charge is 0.410 e. The molecule has 0 spiro atoms. The molecule has 0 unspecified atom stereocenters. The van der Waals surface area contributed by atoms with Gasteiger partial charge in [-0.05, 0) is 57.9 Å². The average Bonchev–Trinajstić information content (AvgIpc) is 3.29. The Morgan fingerprint density at radius 1 is 1.05 bits per heavy atom. The number of nitrogens with zero attached hydrogens (tertiary/aromatic N) is 4. The molecule has 0 fully saturated rings. The fourth-order valence-electron chi connectivity index (χ4n) is 3.96. The molecule has 0 radical (unpaired) electrons. The number of carbonyl (C=O) groups excluding carboxylic acids is 2. The highest BCUT2D eigenvalue weighted by Gasteiger charge is 2.27. The summed E-state index contributed by atoms with van der Waals surface area (Å²) in [5, 5.41) is 12.9. The Morgan fingerprint density at radius 3 is 2.38 bits per heavy atom. The summed E-state index contributed by atoms with van der Waals surface area (Å²) in [5.41, 5.74) is 1.16. The quantitative estimate of drug-likeness (QED) is 0.189. The second-order valence-electron chi connectivity index (χ2n) is 10.4. The molecular formula is C29H37N5O5. The number of nitrogens with one attached hydrogen (secondary N) is 1. The van der Waals surface area contributed by atoms with Crippen LogP contribution in [-0.4, -0.2) is 54.5 Å². The van der Waals surface area contributed by atoms with Crippen LogP contribution in [-0.2, 0) is 36.2 Å². The number of rotatable bonds is 13. The Morgan fingerprint density at radius 2 is 1.79 bits per heavy atom. The largest absolute Gasteiger partial charge is 0.481 e. The fraction of sp³-hybridized carbons (Fsp3) is 0.414. The van der Waals surface area contributed by atoms with Gasteiger partial charge in [-0.15, -0.1) is 0 Å². The molecule has 39 heavy (non-hydrogen) atoms. The van der Waals surface area contributed by atoms with E-state index < -0.39 is 29.4 Å². The van der Waals surface area contributed by atoms with Crippen molar-refractivity contribution in [2.75, 3.05) is 6.54 Å². The second kappa shape index (κ2) is 13.7. The van der Waals surface area contributed by atoms with Gasteiger partial charge in [-0.2, -0.15) is 0 Å². The number of carboxylic acid groups (broad SMARTS) is 1. The molecule has 0 aliphatic heterocycles. The van der Waals surface area contributed by atoms with Gasteiger partial charge >= 0.3 is 12.1 Å². The first-order chi connectivity index (χ1) is 18.5. The number of aryl methyl sites for hydroxylation is 1. The molecule has 1 amide bonds. The molecule has 10 heteroatoms. The number of carbonyl (C=O) groups is 3. The number of carboxylic acids is 1. The predicted molar refractivity (Wildman–Crippen MR) is 146 cm³/mol. The van der Waals surface area contributed by atoms with Gasteiger partial charge in [0.05, 0.1) is 18.8 Å². The minimum absolute atomic E-state index is 0.222. The maximum atomic E-state index is 13.0. The van der Waals surface area contributed by atoms with Crippen LogP contribution in [0.5, 0.6) is 0 Å². The summed E-state index contributed by atoms with van der Waals surface area (Å²) in [6.45, 7) is 7.05. The monoisotopic (exact) mass is 535 g/mol. The normalized spacial score (nSPS) is 12.1. The number of amides is 1. The summed E-state index contributed by atoms with van der Waals surface area (Å²) in [6.07, 6.45) is 5.52. The molecule has 208 valence electrons. The lowest BCUT2D eigenvalue weighted by atomic mass is 9.93. The number of hydrogen-bond donors (Lipinski definition) is 2. The van der Waals surface area contributed by atoms with Crippen LogP contribution >= 0.6 is 0 Å². The third kappa shape index (κ3) is 9.33. The van der Waals surface area contributed by atoms with Crippen LogP contribution < -0.4 is 5.32 Å². The molecular weight excluding hydrogens is 498 g/mol. The van der Waals surface area contributed by atoms with E-state index in [4.69, 9.17) is 4.74 Å². The number of hydrogen-bond acceptors (Lipinski definition) is 7. The predicted octanol–water partition coefficient (Wildman–Crippen LogP) is 4.21. The molecule has 3 aromatic rings. The van der Waals surface area contributed by atoms with E-state index in [0.717, 1.165) is 11.4 Å². The number of aliphatic carboxylic acids is 1. The molecule has 0 saturated carbocycles. The van der Waals surface area contributed by atoms with Crippen molar-refractivity contribution in [1.82, 2.24) is 24.8 Å². The molecule has 1 aromatic carbocycles. The van der Waals surface area contributed by atoms with Crippen LogP contribution in [0.25, 0.3) is 0 Å². The highest BCUT2D eigenvalue weighted by Crippen LogP contribution is 2.19. The first kappa shape index (κ1) is 29.5. The second-order valence-corrected chi connectivity index (χ2v) is 10.4. The molecule has 1 atom stereocenters. The Bertz CT molecular complexity index is 1230. The van der Waals surface area contributed by atoms with E-state index in [9.17, 15) is 19.5 Å². The van der Waals surface area contributed by atoms with Gasteiger partial charge in [0.2, 0.25) is 0 Å². The third-order valence-corrected chi connectivity index (χ3v) is 6.01. The van der Waals surface area contributed by atoms with Gasteiger partial charge in [0.15, 0.2) is 5.78 Å². The molecule has 3 rings (SSSR count). The van der Waals surface area contributed by atoms with E-state index in [1.54, 1.807) is 68.4 Å². The van der Waals surface area contributed by atoms with Crippen molar-refractivity contribution >= 4 is 17.8 Å². The molecule has 0 aliphatic carbocycles. The molecule has 0 saturated heterocycles. The number of aromatic nitrogens is 3. The van der Waals surface area contributed by atoms with Crippen molar-refractivity contribution in [2.45, 2.75) is 58.8 Å². The van der Waals surface area contributed by atoms with Crippen molar-refractivity contribution in [3.8, 4) is 0 Å². The van der Waals surface area contributed by atoms with Crippen molar-refractivity contribution in [1.29, 1.82) is 0 Å². The number of Topliss-reactive ketones (excluding diaryl/α,β-unsaturated/α-hetero) is 1. The van der Waals surface area contributed by atoms with Gasteiger partial charge in [0.25, 0.3) is 0 Å². The Hall–Kier alpha value is -4.05. The molecule has 10 nitrogen and oxygen atoms in total. The topological polar surface area (TPSA) is 127 Å². The first-order valence-electron chi connectivity index (χ1n) is 12.9. The summed E-state index contributed by atoms with van der Waals surface area (Å²) >= 11 is 0. The van der Waals surface area contributed by atoms with Crippen LogP contribution in [0.2, 0.25) is 0 Å². The highest BCUT2D eigenvalue weighted by atomic mass is 16.6. The van der Waals surface area contributed by atoms with E-state index in [1.807, 2.05) is 29.9 Å². The minimum atomic E-state index is -1.14. The number of pyridine rings is 1. The molecule has 0 aliphatic rings. The number of imidazole rings is 1. The van der Waals surface area contributed by atoms with E-state index in [1.165, 1.54) is 0 Å². The molecule has 2 aromatic heterocycles. The molecule has 2 N–H and O–H groups in total. The summed E-state index contributed by atoms with van der Waals surface area (Å²) in [4.78, 5) is 47.9. The Kier molecular flexibility index (Phi) is 10.3. The van der Waals surface area contributed by atoms with Gasteiger partial charge in [0.1, 0.15) is 17.3 Å². The van der Waals surface area contributed by atoms with Gasteiger partial charge < -0.3 is 19.7 Å². The van der Waals surface area contributed by atoms with Crippen LogP contribution in [0.3, 0.4) is 0 Å². The number of ketones is 1. The minimum Gasteiger partial charge on any atom is -0.481 e. The summed E-state index contributed by atoms with van der Waals surface area (Å²) in [5.74, 6) is -1.82. The molecule has 2 heterocycles. The Labute approximate surface area is 229 Å². The van der Waals surface area contributed by atoms with Gasteiger partial charge in [-0.1, -0.05) is 30.3 Å². The third-order valence-electron chi connectivity index (χ3n) is 6.01. The van der Waals surface area contributed by atoms with Crippen LogP contribution in [0.1, 0.15) is 61.1 Å². The van der Waals surface area contributed by atoms with Crippen molar-refractivity contribution in [3.63, 3.8) is 0 Å². The summed E-state index contributed by atoms with van der Waals surface area (Å²) < 4.78 is 7.48. The lowest BCUT2D eigenvalue weighted by Crippen LogP contribution is -2.36. The van der Waals surface area contributed by atoms with Crippen LogP contribution in [0.15, 0.2) is 61.1 Å². The van der Waals surface area contributed by atoms with E-state index in [2.05, 4.69) is 15.3 Å². The van der Waals surface area contributed by atoms with E-state index >= 15 is 0 Å². The zero-order chi connectivity index (χ0) is 28.4. The summed E-state index contributed by atoms with van der Waals surface area (Å²) in [7, 11) is 1.91. The van der Waals surface area contributed by atoms with Crippen molar-refractivity contribution in [3.05, 3.63) is 83.7 Å². The number of ether oxygens (including phenoxy) is 1. The zero-order valence-electron chi connectivity index (χ0n) is 23.0. The lowest BCUT2D eigenvalue weighted by Gasteiger charge is -2.27. The van der Waals surface area contributed by atoms with Gasteiger partial charge in [-0.25, -0.2) is 9.78 Å². The molecule has 0 bridgehead atoms. The van der Waals surface area contributed by atoms with Crippen LogP contribution in [0.4, 0.5) is 4.79 Å². The number of benzene rings is 1. The van der Waals surface area contributed by atoms with E-state index in [0.29, 0.717) is 30.8 Å². The van der Waals surface area contributed by atoms with Crippen LogP contribution in [0, 0.1) is 5.92 Å². The summed E-state index contributed by atoms with van der Waals surface area (Å²) in [6, 6.07) is 12.2. The van der Waals surface area contributed by atoms with Crippen molar-refractivity contribution < 1.29 is 24.2 Å². The van der Waals surface area contributed by atoms with Crippen molar-refractivity contribution in [2.24, 2.45) is 13.0 Å². The Balaban J connectivity index is 1.61. The lowest BCUT2D eigenvalue weighted by molar-refractivity contribution is -0.140. The zero-order valence-corrected chi connectivity index (χ0v) is 23.0. The maximum absolute atomic E-state index is 13.0. The average molecular weight is 536 g/mol. The van der Waals surface area contributed by atoms with E-state index in [-0.39, 0.29) is 19.5 Å². The van der Waals surface area contributed by atoms with Gasteiger partial charge in [0, 0.05) is 37.7 Å². The SMILES string of the molecule is Cn1ccnc1CNCCC[C@H](C(=O)O)C(=O)c1ccc(CN(Cc2ccccn2)C(=O)OC(C)(C)C)cc1. The van der Waals surface area contributed by atoms with Gasteiger partial charge in [-0.3, -0.25) is 19.5 Å². The fourth-order valence-corrected chi connectivity index (χ4v) is 3.96. The highest BCUT2D eigenvalue weighted by molar-refractivity contribution is 6.08. The standard InChI is InChI=1S/C29H37N5O5/c1-29(2,3)39-28(38)34(20-23-8-5-6-15-31-23)19-21-10-12-22(13-11-21)26(35)24(27(36)37)9-7-14-30-18-25-32-16-17-33(25)4/h5-6,8,10-13,15-17,24,30H,7,9,14,18-20H2,1-4H3,(H,36,37)/t24-/m0/s1. The maximum Gasteiger partial charge on any atom is 0.410 e. The first-order valence-corrected chi connectivity index (χ1v) is 12.9.